The van der Waals surface area contributed by atoms with E-state index in [1.54, 1.807) is 36.5 Å². The maximum absolute atomic E-state index is 12.9. The Morgan fingerprint density at radius 3 is 2.46 bits per heavy atom. The Labute approximate surface area is 172 Å². The van der Waals surface area contributed by atoms with Crippen LogP contribution in [-0.4, -0.2) is 49.7 Å². The minimum atomic E-state index is -3.59. The number of carbonyl (C=O) groups is 1. The van der Waals surface area contributed by atoms with E-state index in [1.807, 2.05) is 50.2 Å². The molecule has 0 saturated carbocycles. The first-order valence-electron chi connectivity index (χ1n) is 9.35. The summed E-state index contributed by atoms with van der Waals surface area (Å²) in [5.74, 6) is -0.172. The van der Waals surface area contributed by atoms with E-state index in [9.17, 15) is 13.2 Å². The molecule has 0 bridgehead atoms. The first-order chi connectivity index (χ1) is 13.2. The van der Waals surface area contributed by atoms with Gasteiger partial charge < -0.3 is 5.32 Å². The number of rotatable bonds is 9. The lowest BCUT2D eigenvalue weighted by Crippen LogP contribution is -2.39. The molecule has 1 atom stereocenters. The van der Waals surface area contributed by atoms with Crippen LogP contribution in [-0.2, 0) is 21.4 Å². The van der Waals surface area contributed by atoms with Crippen molar-refractivity contribution in [2.75, 3.05) is 25.5 Å². The number of nitrogens with zero attached hydrogens (tertiary/aromatic N) is 2. The van der Waals surface area contributed by atoms with Gasteiger partial charge in [-0.25, -0.2) is 8.42 Å². The smallest absolute Gasteiger partial charge is 0.243 e. The third kappa shape index (κ3) is 5.20. The normalized spacial score (nSPS) is 13.1. The number of likely N-dealkylation sites (N-methyl/N-ethyl adjacent to an activating group) is 1. The van der Waals surface area contributed by atoms with Crippen molar-refractivity contribution in [3.63, 3.8) is 0 Å². The van der Waals surface area contributed by atoms with E-state index in [1.165, 1.54) is 9.18 Å². The minimum absolute atomic E-state index is 0.172. The second-order valence-electron chi connectivity index (χ2n) is 6.73. The van der Waals surface area contributed by atoms with Crippen LogP contribution in [0.1, 0.15) is 31.2 Å². The Hall–Kier alpha value is -1.74. The number of sulfonamides is 1. The minimum Gasteiger partial charge on any atom is -0.325 e. The molecular formula is C20H29N3O3S2. The lowest BCUT2D eigenvalue weighted by atomic mass is 10.2. The van der Waals surface area contributed by atoms with E-state index in [2.05, 4.69) is 5.32 Å². The number of hydrogen-bond acceptors (Lipinski definition) is 5. The number of carbonyl (C=O) groups excluding carboxylic acids is 1. The SMILES string of the molecule is CCN(CC)S(=O)(=O)c1cc(NC(=O)[C@@H](C)N(C)Cc2cccs2)ccc1C. The topological polar surface area (TPSA) is 69.7 Å². The van der Waals surface area contributed by atoms with Crippen molar-refractivity contribution >= 4 is 33.0 Å². The van der Waals surface area contributed by atoms with Crippen LogP contribution in [0.4, 0.5) is 5.69 Å². The Bertz CT molecular complexity index is 891. The number of amides is 1. The van der Waals surface area contributed by atoms with Gasteiger partial charge in [-0.1, -0.05) is 26.0 Å². The van der Waals surface area contributed by atoms with Crippen LogP contribution in [0.25, 0.3) is 0 Å². The molecule has 1 N–H and O–H groups in total. The summed E-state index contributed by atoms with van der Waals surface area (Å²) in [5, 5.41) is 4.87. The predicted molar refractivity (Wildman–Crippen MR) is 115 cm³/mol. The van der Waals surface area contributed by atoms with Gasteiger partial charge in [0.15, 0.2) is 0 Å². The number of hydrogen-bond donors (Lipinski definition) is 1. The molecule has 0 aliphatic heterocycles. The summed E-state index contributed by atoms with van der Waals surface area (Å²) >= 11 is 1.65. The maximum atomic E-state index is 12.9. The summed E-state index contributed by atoms with van der Waals surface area (Å²) in [4.78, 5) is 16.0. The molecule has 0 spiro atoms. The summed E-state index contributed by atoms with van der Waals surface area (Å²) in [6, 6.07) is 8.68. The second-order valence-corrected chi connectivity index (χ2v) is 9.67. The molecule has 2 rings (SSSR count). The number of benzene rings is 1. The third-order valence-corrected chi connectivity index (χ3v) is 7.86. The molecular weight excluding hydrogens is 394 g/mol. The van der Waals surface area contributed by atoms with E-state index in [4.69, 9.17) is 0 Å². The van der Waals surface area contributed by atoms with Gasteiger partial charge in [0.25, 0.3) is 0 Å². The van der Waals surface area contributed by atoms with Crippen LogP contribution < -0.4 is 5.32 Å². The molecule has 1 aromatic carbocycles. The van der Waals surface area contributed by atoms with E-state index in [0.717, 1.165) is 0 Å². The molecule has 6 nitrogen and oxygen atoms in total. The number of anilines is 1. The summed E-state index contributed by atoms with van der Waals surface area (Å²) in [6.45, 7) is 8.71. The maximum Gasteiger partial charge on any atom is 0.243 e. The third-order valence-electron chi connectivity index (χ3n) is 4.80. The molecule has 2 aromatic rings. The molecule has 28 heavy (non-hydrogen) atoms. The molecule has 8 heteroatoms. The summed E-state index contributed by atoms with van der Waals surface area (Å²) in [6.07, 6.45) is 0. The summed E-state index contributed by atoms with van der Waals surface area (Å²) in [5.41, 5.74) is 1.14. The van der Waals surface area contributed by atoms with E-state index >= 15 is 0 Å². The predicted octanol–water partition coefficient (Wildman–Crippen LogP) is 3.55. The first-order valence-corrected chi connectivity index (χ1v) is 11.7. The van der Waals surface area contributed by atoms with Gasteiger partial charge in [-0.2, -0.15) is 4.31 Å². The average Bonchev–Trinajstić information content (AvgIpc) is 3.16. The van der Waals surface area contributed by atoms with Crippen LogP contribution in [0, 0.1) is 6.92 Å². The largest absolute Gasteiger partial charge is 0.325 e. The zero-order chi connectivity index (χ0) is 20.9. The molecule has 0 aliphatic rings. The first kappa shape index (κ1) is 22.5. The molecule has 1 amide bonds. The second kappa shape index (κ2) is 9.65. The fourth-order valence-corrected chi connectivity index (χ4v) is 5.37. The zero-order valence-corrected chi connectivity index (χ0v) is 18.7. The Kier molecular flexibility index (Phi) is 7.77. The van der Waals surface area contributed by atoms with E-state index < -0.39 is 10.0 Å². The van der Waals surface area contributed by atoms with E-state index in [0.29, 0.717) is 30.9 Å². The number of aryl methyl sites for hydroxylation is 1. The van der Waals surface area contributed by atoms with Crippen molar-refractivity contribution < 1.29 is 13.2 Å². The van der Waals surface area contributed by atoms with Crippen molar-refractivity contribution in [2.45, 2.75) is 45.2 Å². The molecule has 0 unspecified atom stereocenters. The van der Waals surface area contributed by atoms with Gasteiger partial charge >= 0.3 is 0 Å². The Balaban J connectivity index is 2.17. The van der Waals surface area contributed by atoms with Crippen molar-refractivity contribution in [3.8, 4) is 0 Å². The summed E-state index contributed by atoms with van der Waals surface area (Å²) in [7, 11) is -1.69. The molecule has 0 saturated heterocycles. The summed E-state index contributed by atoms with van der Waals surface area (Å²) < 4.78 is 27.2. The van der Waals surface area contributed by atoms with Crippen LogP contribution in [0.15, 0.2) is 40.6 Å². The molecule has 0 fully saturated rings. The van der Waals surface area contributed by atoms with Crippen molar-refractivity contribution in [1.29, 1.82) is 0 Å². The molecule has 0 aliphatic carbocycles. The lowest BCUT2D eigenvalue weighted by Gasteiger charge is -2.24. The van der Waals surface area contributed by atoms with Gasteiger partial charge in [0.1, 0.15) is 0 Å². The molecule has 1 aromatic heterocycles. The van der Waals surface area contributed by atoms with Crippen molar-refractivity contribution in [2.24, 2.45) is 0 Å². The average molecular weight is 424 g/mol. The van der Waals surface area contributed by atoms with Gasteiger partial charge in [0.05, 0.1) is 10.9 Å². The van der Waals surface area contributed by atoms with Crippen molar-refractivity contribution in [3.05, 3.63) is 46.2 Å². The highest BCUT2D eigenvalue weighted by molar-refractivity contribution is 7.89. The van der Waals surface area contributed by atoms with Crippen LogP contribution in [0.2, 0.25) is 0 Å². The Morgan fingerprint density at radius 1 is 1.21 bits per heavy atom. The van der Waals surface area contributed by atoms with Gasteiger partial charge in [-0.15, -0.1) is 11.3 Å². The van der Waals surface area contributed by atoms with Crippen LogP contribution >= 0.6 is 11.3 Å². The van der Waals surface area contributed by atoms with E-state index in [-0.39, 0.29) is 16.8 Å². The Morgan fingerprint density at radius 2 is 1.89 bits per heavy atom. The van der Waals surface area contributed by atoms with Gasteiger partial charge in [0.2, 0.25) is 15.9 Å². The number of nitrogens with one attached hydrogen (secondary N) is 1. The highest BCUT2D eigenvalue weighted by Gasteiger charge is 2.25. The highest BCUT2D eigenvalue weighted by atomic mass is 32.2. The lowest BCUT2D eigenvalue weighted by molar-refractivity contribution is -0.120. The highest BCUT2D eigenvalue weighted by Crippen LogP contribution is 2.24. The number of thiophene rings is 1. The quantitative estimate of drug-likeness (QED) is 0.670. The molecule has 1 heterocycles. The van der Waals surface area contributed by atoms with Crippen LogP contribution in [0.3, 0.4) is 0 Å². The van der Waals surface area contributed by atoms with Gasteiger partial charge in [-0.05, 0) is 50.0 Å². The van der Waals surface area contributed by atoms with Gasteiger partial charge in [-0.3, -0.25) is 9.69 Å². The van der Waals surface area contributed by atoms with Gasteiger partial charge in [0, 0.05) is 30.2 Å². The molecule has 154 valence electrons. The fraction of sp³-hybridized carbons (Fsp3) is 0.450. The standard InChI is InChI=1S/C20H29N3O3S2/c1-6-23(7-2)28(25,26)19-13-17(11-10-15(19)3)21-20(24)16(4)22(5)14-18-9-8-12-27-18/h8-13,16H,6-7,14H2,1-5H3,(H,21,24)/t16-/m1/s1. The van der Waals surface area contributed by atoms with Crippen LogP contribution in [0.5, 0.6) is 0 Å². The monoisotopic (exact) mass is 423 g/mol. The fourth-order valence-electron chi connectivity index (χ4n) is 2.89. The molecule has 0 radical (unpaired) electrons. The zero-order valence-electron chi connectivity index (χ0n) is 17.1. The van der Waals surface area contributed by atoms with Crippen molar-refractivity contribution in [1.82, 2.24) is 9.21 Å².